The minimum absolute atomic E-state index is 0.111. The summed E-state index contributed by atoms with van der Waals surface area (Å²) in [6.45, 7) is 1.65. The highest BCUT2D eigenvalue weighted by molar-refractivity contribution is 5.96. The number of benzene rings is 2. The number of nitrogens with zero attached hydrogens (tertiary/aromatic N) is 2. The number of ether oxygens (including phenoxy) is 2. The van der Waals surface area contributed by atoms with Crippen LogP contribution in [0.3, 0.4) is 0 Å². The lowest BCUT2D eigenvalue weighted by molar-refractivity contribution is 0.0670. The third kappa shape index (κ3) is 4.40. The fraction of sp³-hybridized carbons (Fsp3) is 0.273. The molecule has 6 nitrogen and oxygen atoms in total. The van der Waals surface area contributed by atoms with Gasteiger partial charge in [0.05, 0.1) is 23.6 Å². The summed E-state index contributed by atoms with van der Waals surface area (Å²) in [5.41, 5.74) is 2.43. The molecule has 0 saturated carbocycles. The van der Waals surface area contributed by atoms with Gasteiger partial charge in [-0.2, -0.15) is 5.10 Å². The van der Waals surface area contributed by atoms with E-state index in [-0.39, 0.29) is 12.0 Å². The van der Waals surface area contributed by atoms with Crippen molar-refractivity contribution in [3.8, 4) is 11.4 Å². The van der Waals surface area contributed by atoms with Crippen molar-refractivity contribution in [3.63, 3.8) is 0 Å². The molecule has 144 valence electrons. The van der Waals surface area contributed by atoms with Crippen molar-refractivity contribution in [2.75, 3.05) is 13.2 Å². The zero-order chi connectivity index (χ0) is 19.2. The summed E-state index contributed by atoms with van der Waals surface area (Å²) in [7, 11) is 0. The summed E-state index contributed by atoms with van der Waals surface area (Å²) in [6.07, 6.45) is 5.84. The molecule has 28 heavy (non-hydrogen) atoms. The summed E-state index contributed by atoms with van der Waals surface area (Å²) < 4.78 is 13.2. The van der Waals surface area contributed by atoms with Crippen molar-refractivity contribution >= 4 is 5.91 Å². The Kier molecular flexibility index (Phi) is 5.68. The zero-order valence-corrected chi connectivity index (χ0v) is 15.6. The molecule has 0 aliphatic carbocycles. The molecule has 1 atom stereocenters. The van der Waals surface area contributed by atoms with Crippen LogP contribution < -0.4 is 10.1 Å². The zero-order valence-electron chi connectivity index (χ0n) is 15.6. The molecule has 1 N–H and O–H groups in total. The maximum atomic E-state index is 12.7. The fourth-order valence-corrected chi connectivity index (χ4v) is 3.19. The van der Waals surface area contributed by atoms with Gasteiger partial charge >= 0.3 is 0 Å². The van der Waals surface area contributed by atoms with Crippen LogP contribution in [0, 0.1) is 0 Å². The molecule has 1 saturated heterocycles. The van der Waals surface area contributed by atoms with Gasteiger partial charge in [0.1, 0.15) is 12.4 Å². The Balaban J connectivity index is 1.37. The Hall–Kier alpha value is -3.12. The molecule has 0 bridgehead atoms. The van der Waals surface area contributed by atoms with Crippen molar-refractivity contribution in [2.24, 2.45) is 0 Å². The third-order valence-electron chi connectivity index (χ3n) is 4.69. The molecule has 1 fully saturated rings. The largest absolute Gasteiger partial charge is 0.490 e. The molecule has 6 heteroatoms. The lowest BCUT2D eigenvalue weighted by atomic mass is 10.2. The number of hydrogen-bond acceptors (Lipinski definition) is 4. The Bertz CT molecular complexity index is 918. The van der Waals surface area contributed by atoms with Crippen LogP contribution >= 0.6 is 0 Å². The first-order valence-corrected chi connectivity index (χ1v) is 9.50. The predicted molar refractivity (Wildman–Crippen MR) is 106 cm³/mol. The Morgan fingerprint density at radius 3 is 2.82 bits per heavy atom. The number of carbonyl (C=O) groups excluding carboxylic acids is 1. The highest BCUT2D eigenvalue weighted by Crippen LogP contribution is 2.20. The average molecular weight is 377 g/mol. The summed E-state index contributed by atoms with van der Waals surface area (Å²) >= 11 is 0. The summed E-state index contributed by atoms with van der Waals surface area (Å²) in [6, 6.07) is 17.1. The minimum Gasteiger partial charge on any atom is -0.490 e. The van der Waals surface area contributed by atoms with Crippen LogP contribution in [0.15, 0.2) is 67.0 Å². The molecule has 0 radical (unpaired) electrons. The van der Waals surface area contributed by atoms with E-state index in [1.54, 1.807) is 16.9 Å². The maximum Gasteiger partial charge on any atom is 0.255 e. The molecule has 1 aliphatic heterocycles. The number of amides is 1. The summed E-state index contributed by atoms with van der Waals surface area (Å²) in [4.78, 5) is 12.7. The van der Waals surface area contributed by atoms with Crippen LogP contribution in [0.25, 0.3) is 5.69 Å². The monoisotopic (exact) mass is 377 g/mol. The Labute approximate surface area is 164 Å². The Morgan fingerprint density at radius 1 is 1.18 bits per heavy atom. The van der Waals surface area contributed by atoms with Crippen LogP contribution in [0.2, 0.25) is 0 Å². The van der Waals surface area contributed by atoms with Crippen molar-refractivity contribution in [1.29, 1.82) is 0 Å². The highest BCUT2D eigenvalue weighted by Gasteiger charge is 2.18. The standard InChI is InChI=1S/C22H23N3O3/c26-22(20-10-4-5-11-21(20)28-16-19-9-6-12-27-19)23-13-17-14-24-25(15-17)18-7-2-1-3-8-18/h1-5,7-8,10-11,14-15,19H,6,9,12-13,16H2,(H,23,26). The number of para-hydroxylation sites is 2. The van der Waals surface area contributed by atoms with E-state index < -0.39 is 0 Å². The molecule has 1 aromatic heterocycles. The van der Waals surface area contributed by atoms with E-state index in [1.165, 1.54) is 0 Å². The number of nitrogens with one attached hydrogen (secondary N) is 1. The van der Waals surface area contributed by atoms with Gasteiger partial charge in [0, 0.05) is 24.9 Å². The second-order valence-electron chi connectivity index (χ2n) is 6.75. The number of hydrogen-bond donors (Lipinski definition) is 1. The minimum atomic E-state index is -0.171. The summed E-state index contributed by atoms with van der Waals surface area (Å²) in [5, 5.41) is 7.30. The predicted octanol–water partition coefficient (Wildman–Crippen LogP) is 3.36. The van der Waals surface area contributed by atoms with Crippen LogP contribution in [0.5, 0.6) is 5.75 Å². The molecule has 1 amide bonds. The number of carbonyl (C=O) groups is 1. The molecular weight excluding hydrogens is 354 g/mol. The van der Waals surface area contributed by atoms with E-state index in [0.29, 0.717) is 24.5 Å². The van der Waals surface area contributed by atoms with Crippen LogP contribution in [-0.4, -0.2) is 35.0 Å². The van der Waals surface area contributed by atoms with Gasteiger partial charge in [-0.1, -0.05) is 30.3 Å². The van der Waals surface area contributed by atoms with Gasteiger partial charge in [0.15, 0.2) is 0 Å². The second-order valence-corrected chi connectivity index (χ2v) is 6.75. The fourth-order valence-electron chi connectivity index (χ4n) is 3.19. The van der Waals surface area contributed by atoms with E-state index in [0.717, 1.165) is 30.7 Å². The van der Waals surface area contributed by atoms with E-state index in [9.17, 15) is 4.79 Å². The molecular formula is C22H23N3O3. The van der Waals surface area contributed by atoms with Crippen molar-refractivity contribution in [1.82, 2.24) is 15.1 Å². The van der Waals surface area contributed by atoms with Crippen molar-refractivity contribution in [3.05, 3.63) is 78.1 Å². The average Bonchev–Trinajstić information content (AvgIpc) is 3.43. The highest BCUT2D eigenvalue weighted by atomic mass is 16.5. The van der Waals surface area contributed by atoms with Gasteiger partial charge in [-0.05, 0) is 37.1 Å². The van der Waals surface area contributed by atoms with E-state index >= 15 is 0 Å². The molecule has 0 spiro atoms. The first-order chi connectivity index (χ1) is 13.8. The normalized spacial score (nSPS) is 16.1. The van der Waals surface area contributed by atoms with Crippen LogP contribution in [-0.2, 0) is 11.3 Å². The van der Waals surface area contributed by atoms with Gasteiger partial charge < -0.3 is 14.8 Å². The lowest BCUT2D eigenvalue weighted by Crippen LogP contribution is -2.24. The lowest BCUT2D eigenvalue weighted by Gasteiger charge is -2.14. The Morgan fingerprint density at radius 2 is 2.00 bits per heavy atom. The molecule has 1 aliphatic rings. The topological polar surface area (TPSA) is 65.4 Å². The second kappa shape index (κ2) is 8.71. The summed E-state index contributed by atoms with van der Waals surface area (Å²) in [5.74, 6) is 0.408. The SMILES string of the molecule is O=C(NCc1cnn(-c2ccccc2)c1)c1ccccc1OCC1CCCO1. The first-order valence-electron chi connectivity index (χ1n) is 9.50. The number of aromatic nitrogens is 2. The van der Waals surface area contributed by atoms with Gasteiger partial charge in [0.2, 0.25) is 0 Å². The molecule has 2 aromatic carbocycles. The van der Waals surface area contributed by atoms with E-state index in [2.05, 4.69) is 10.4 Å². The van der Waals surface area contributed by atoms with E-state index in [1.807, 2.05) is 54.7 Å². The quantitative estimate of drug-likeness (QED) is 0.686. The van der Waals surface area contributed by atoms with Gasteiger partial charge in [0.25, 0.3) is 5.91 Å². The third-order valence-corrected chi connectivity index (χ3v) is 4.69. The molecule has 4 rings (SSSR count). The molecule has 1 unspecified atom stereocenters. The van der Waals surface area contributed by atoms with Crippen LogP contribution in [0.1, 0.15) is 28.8 Å². The van der Waals surface area contributed by atoms with Crippen LogP contribution in [0.4, 0.5) is 0 Å². The molecule has 3 aromatic rings. The van der Waals surface area contributed by atoms with Gasteiger partial charge in [-0.3, -0.25) is 4.79 Å². The maximum absolute atomic E-state index is 12.7. The van der Waals surface area contributed by atoms with E-state index in [4.69, 9.17) is 9.47 Å². The first kappa shape index (κ1) is 18.3. The van der Waals surface area contributed by atoms with Gasteiger partial charge in [-0.25, -0.2) is 4.68 Å². The van der Waals surface area contributed by atoms with Gasteiger partial charge in [-0.15, -0.1) is 0 Å². The molecule has 2 heterocycles. The van der Waals surface area contributed by atoms with Crippen molar-refractivity contribution < 1.29 is 14.3 Å². The smallest absolute Gasteiger partial charge is 0.255 e. The number of rotatable bonds is 7. The van der Waals surface area contributed by atoms with Crippen molar-refractivity contribution in [2.45, 2.75) is 25.5 Å².